The number of ether oxygens (including phenoxy) is 1. The van der Waals surface area contributed by atoms with E-state index in [-0.39, 0.29) is 11.4 Å². The minimum atomic E-state index is -3.94. The van der Waals surface area contributed by atoms with Gasteiger partial charge in [0.15, 0.2) is 0 Å². The summed E-state index contributed by atoms with van der Waals surface area (Å²) >= 11 is 0. The number of hydrazone groups is 1. The van der Waals surface area contributed by atoms with E-state index in [1.54, 1.807) is 24.3 Å². The molecule has 0 atom stereocenters. The van der Waals surface area contributed by atoms with Crippen molar-refractivity contribution in [1.29, 1.82) is 0 Å². The third kappa shape index (κ3) is 7.86. The average Bonchev–Trinajstić information content (AvgIpc) is 2.94. The lowest BCUT2D eigenvalue weighted by atomic mass is 10.1. The monoisotopic (exact) mass is 541 g/mol. The lowest BCUT2D eigenvalue weighted by Crippen LogP contribution is -2.39. The van der Waals surface area contributed by atoms with Crippen LogP contribution in [-0.2, 0) is 28.0 Å². The first-order valence-electron chi connectivity index (χ1n) is 12.5. The van der Waals surface area contributed by atoms with Crippen molar-refractivity contribution in [1.82, 2.24) is 9.73 Å². The predicted octanol–water partition coefficient (Wildman–Crippen LogP) is 5.22. The Labute approximate surface area is 229 Å². The number of hydrogen-bond donors (Lipinski definition) is 1. The zero-order valence-corrected chi connectivity index (χ0v) is 22.8. The quantitative estimate of drug-likeness (QED) is 0.208. The molecule has 0 heterocycles. The lowest BCUT2D eigenvalue weighted by molar-refractivity contribution is -0.121. The Morgan fingerprint density at radius 2 is 1.44 bits per heavy atom. The maximum Gasteiger partial charge on any atom is 0.255 e. The molecule has 0 spiro atoms. The molecule has 0 aliphatic carbocycles. The van der Waals surface area contributed by atoms with Gasteiger partial charge in [-0.1, -0.05) is 90.0 Å². The zero-order valence-electron chi connectivity index (χ0n) is 21.9. The molecule has 0 saturated carbocycles. The third-order valence-corrected chi connectivity index (χ3v) is 7.81. The summed E-state index contributed by atoms with van der Waals surface area (Å²) in [4.78, 5) is 13.0. The molecule has 0 fully saturated rings. The van der Waals surface area contributed by atoms with Crippen molar-refractivity contribution in [3.05, 3.63) is 131 Å². The van der Waals surface area contributed by atoms with E-state index in [2.05, 4.69) is 10.5 Å². The minimum Gasteiger partial charge on any atom is -0.488 e. The summed E-state index contributed by atoms with van der Waals surface area (Å²) in [5.41, 5.74) is 6.95. The highest BCUT2D eigenvalue weighted by Crippen LogP contribution is 2.20. The van der Waals surface area contributed by atoms with Crippen LogP contribution >= 0.6 is 0 Å². The molecule has 0 radical (unpaired) electrons. The number of para-hydroxylation sites is 1. The predicted molar refractivity (Wildman–Crippen MR) is 153 cm³/mol. The second-order valence-corrected chi connectivity index (χ2v) is 11.1. The van der Waals surface area contributed by atoms with Crippen LogP contribution in [0.5, 0.6) is 5.75 Å². The summed E-state index contributed by atoms with van der Waals surface area (Å²) in [6.45, 7) is 3.89. The fourth-order valence-corrected chi connectivity index (χ4v) is 5.19. The fourth-order valence-electron chi connectivity index (χ4n) is 3.81. The molecule has 0 aromatic heterocycles. The van der Waals surface area contributed by atoms with Crippen molar-refractivity contribution in [2.24, 2.45) is 5.10 Å². The molecule has 200 valence electrons. The van der Waals surface area contributed by atoms with Crippen molar-refractivity contribution >= 4 is 22.1 Å². The summed E-state index contributed by atoms with van der Waals surface area (Å²) in [5, 5.41) is 4.07. The Balaban J connectivity index is 1.46. The van der Waals surface area contributed by atoms with Crippen LogP contribution in [0.3, 0.4) is 0 Å². The molecule has 39 heavy (non-hydrogen) atoms. The van der Waals surface area contributed by atoms with Gasteiger partial charge in [-0.3, -0.25) is 4.79 Å². The second kappa shape index (κ2) is 13.0. The molecule has 0 bridgehead atoms. The number of carbonyl (C=O) groups is 1. The molecule has 4 rings (SSSR count). The number of rotatable bonds is 11. The van der Waals surface area contributed by atoms with Crippen molar-refractivity contribution in [2.75, 3.05) is 6.54 Å². The number of nitrogens with one attached hydrogen (secondary N) is 1. The van der Waals surface area contributed by atoms with Gasteiger partial charge >= 0.3 is 0 Å². The average molecular weight is 542 g/mol. The maximum absolute atomic E-state index is 13.5. The Hall–Kier alpha value is -4.27. The Bertz CT molecular complexity index is 1520. The van der Waals surface area contributed by atoms with Gasteiger partial charge in [0.2, 0.25) is 10.0 Å². The molecule has 1 N–H and O–H groups in total. The van der Waals surface area contributed by atoms with Crippen LogP contribution in [0.15, 0.2) is 113 Å². The first-order chi connectivity index (χ1) is 18.8. The van der Waals surface area contributed by atoms with E-state index in [4.69, 9.17) is 4.74 Å². The Morgan fingerprint density at radius 1 is 0.821 bits per heavy atom. The van der Waals surface area contributed by atoms with E-state index in [0.29, 0.717) is 17.9 Å². The number of amides is 1. The van der Waals surface area contributed by atoms with Gasteiger partial charge in [-0.05, 0) is 49.2 Å². The van der Waals surface area contributed by atoms with Crippen molar-refractivity contribution in [3.8, 4) is 5.75 Å². The summed E-state index contributed by atoms with van der Waals surface area (Å²) in [7, 11) is -3.94. The summed E-state index contributed by atoms with van der Waals surface area (Å²) in [6.07, 6.45) is 1.48. The number of aryl methyl sites for hydroxylation is 2. The van der Waals surface area contributed by atoms with Crippen LogP contribution in [0.4, 0.5) is 0 Å². The lowest BCUT2D eigenvalue weighted by Gasteiger charge is -2.21. The minimum absolute atomic E-state index is 0.0454. The molecule has 0 unspecified atom stereocenters. The number of benzene rings is 4. The Morgan fingerprint density at radius 3 is 2.13 bits per heavy atom. The molecule has 7 nitrogen and oxygen atoms in total. The first-order valence-corrected chi connectivity index (χ1v) is 14.0. The van der Waals surface area contributed by atoms with Crippen LogP contribution in [-0.4, -0.2) is 31.4 Å². The van der Waals surface area contributed by atoms with Gasteiger partial charge in [0.1, 0.15) is 12.4 Å². The van der Waals surface area contributed by atoms with E-state index in [1.165, 1.54) is 6.21 Å². The second-order valence-electron chi connectivity index (χ2n) is 9.18. The van der Waals surface area contributed by atoms with Crippen molar-refractivity contribution in [2.45, 2.75) is 31.9 Å². The maximum atomic E-state index is 13.5. The molecule has 0 aliphatic heterocycles. The highest BCUT2D eigenvalue weighted by atomic mass is 32.2. The fraction of sp³-hybridized carbons (Fsp3) is 0.161. The van der Waals surface area contributed by atoms with Gasteiger partial charge in [-0.15, -0.1) is 0 Å². The first kappa shape index (κ1) is 27.8. The molecule has 0 saturated heterocycles. The highest BCUT2D eigenvalue weighted by molar-refractivity contribution is 7.89. The van der Waals surface area contributed by atoms with Gasteiger partial charge in [0.25, 0.3) is 5.91 Å². The van der Waals surface area contributed by atoms with E-state index in [9.17, 15) is 13.2 Å². The van der Waals surface area contributed by atoms with E-state index >= 15 is 0 Å². The van der Waals surface area contributed by atoms with Crippen molar-refractivity contribution in [3.63, 3.8) is 0 Å². The number of hydrogen-bond acceptors (Lipinski definition) is 5. The molecule has 0 aliphatic rings. The normalized spacial score (nSPS) is 11.6. The van der Waals surface area contributed by atoms with Gasteiger partial charge in [0.05, 0.1) is 17.7 Å². The van der Waals surface area contributed by atoms with Crippen LogP contribution < -0.4 is 10.2 Å². The molecule has 8 heteroatoms. The van der Waals surface area contributed by atoms with Crippen LogP contribution in [0, 0.1) is 13.8 Å². The topological polar surface area (TPSA) is 88.1 Å². The van der Waals surface area contributed by atoms with Crippen LogP contribution in [0.1, 0.15) is 27.8 Å². The molecular formula is C31H31N3O4S. The molecule has 4 aromatic carbocycles. The number of nitrogens with zero attached hydrogens (tertiary/aromatic N) is 2. The van der Waals surface area contributed by atoms with E-state index in [0.717, 1.165) is 26.6 Å². The van der Waals surface area contributed by atoms with E-state index in [1.807, 2.05) is 92.7 Å². The summed E-state index contributed by atoms with van der Waals surface area (Å²) in [5.74, 6) is 0.0547. The smallest absolute Gasteiger partial charge is 0.255 e. The standard InChI is InChI=1S/C31H31N3O4S/c1-24-12-16-26(17-13-24)21-34(39(36,37)29-18-14-25(2)15-19-29)22-31(35)33-32-20-28-10-6-7-11-30(28)38-23-27-8-4-3-5-9-27/h3-20H,21-23H2,1-2H3,(H,33,35)/b32-20-. The van der Waals surface area contributed by atoms with Crippen LogP contribution in [0.2, 0.25) is 0 Å². The highest BCUT2D eigenvalue weighted by Gasteiger charge is 2.27. The summed E-state index contributed by atoms with van der Waals surface area (Å²) in [6, 6.07) is 31.2. The SMILES string of the molecule is Cc1ccc(CN(CC(=O)N/N=C\c2ccccc2OCc2ccccc2)S(=O)(=O)c2ccc(C)cc2)cc1. The number of carbonyl (C=O) groups excluding carboxylic acids is 1. The van der Waals surface area contributed by atoms with Gasteiger partial charge in [0, 0.05) is 12.1 Å². The van der Waals surface area contributed by atoms with Gasteiger partial charge in [-0.2, -0.15) is 9.41 Å². The van der Waals surface area contributed by atoms with E-state index < -0.39 is 22.5 Å². The molecular weight excluding hydrogens is 510 g/mol. The Kier molecular flexibility index (Phi) is 9.25. The molecule has 1 amide bonds. The van der Waals surface area contributed by atoms with Gasteiger partial charge in [-0.25, -0.2) is 13.8 Å². The number of sulfonamides is 1. The third-order valence-electron chi connectivity index (χ3n) is 6.01. The van der Waals surface area contributed by atoms with Crippen molar-refractivity contribution < 1.29 is 17.9 Å². The van der Waals surface area contributed by atoms with Gasteiger partial charge < -0.3 is 4.74 Å². The largest absolute Gasteiger partial charge is 0.488 e. The molecule has 4 aromatic rings. The zero-order chi connectivity index (χ0) is 27.7. The van der Waals surface area contributed by atoms with Crippen LogP contribution in [0.25, 0.3) is 0 Å². The summed E-state index contributed by atoms with van der Waals surface area (Å²) < 4.78 is 34.0.